The Morgan fingerprint density at radius 1 is 1.05 bits per heavy atom. The van der Waals surface area contributed by atoms with Crippen LogP contribution in [-0.2, 0) is 5.41 Å². The van der Waals surface area contributed by atoms with E-state index in [9.17, 15) is 0 Å². The van der Waals surface area contributed by atoms with E-state index in [4.69, 9.17) is 4.74 Å². The van der Waals surface area contributed by atoms with Crippen molar-refractivity contribution in [2.24, 2.45) is 0 Å². The monoisotopic (exact) mass is 305 g/mol. The number of benzene rings is 1. The van der Waals surface area contributed by atoms with Crippen molar-refractivity contribution in [3.05, 3.63) is 35.7 Å². The van der Waals surface area contributed by atoms with Gasteiger partial charge in [0.1, 0.15) is 11.4 Å². The van der Waals surface area contributed by atoms with Gasteiger partial charge in [0, 0.05) is 0 Å². The van der Waals surface area contributed by atoms with Crippen molar-refractivity contribution in [1.82, 2.24) is 15.0 Å². The molecule has 22 heavy (non-hydrogen) atoms. The summed E-state index contributed by atoms with van der Waals surface area (Å²) >= 11 is 0. The van der Waals surface area contributed by atoms with Crippen molar-refractivity contribution in [3.63, 3.8) is 0 Å². The van der Waals surface area contributed by atoms with E-state index in [0.29, 0.717) is 0 Å². The van der Waals surface area contributed by atoms with Crippen LogP contribution in [0.5, 0.6) is 5.75 Å². The van der Waals surface area contributed by atoms with Gasteiger partial charge in [-0.25, -0.2) is 4.68 Å². The van der Waals surface area contributed by atoms with Gasteiger partial charge >= 0.3 is 0 Å². The number of hydrogen-bond acceptors (Lipinski definition) is 3. The zero-order chi connectivity index (χ0) is 17.3. The van der Waals surface area contributed by atoms with Crippen molar-refractivity contribution >= 4 is 0 Å². The van der Waals surface area contributed by atoms with Crippen molar-refractivity contribution in [2.75, 3.05) is 7.11 Å². The maximum atomic E-state index is 5.48. The highest BCUT2D eigenvalue weighted by Gasteiger charge is 2.19. The van der Waals surface area contributed by atoms with Crippen LogP contribution in [0.15, 0.2) is 24.5 Å². The molecule has 0 radical (unpaired) electrons. The van der Waals surface area contributed by atoms with Crippen LogP contribution in [0, 0.1) is 6.92 Å². The molecule has 1 aromatic heterocycles. The summed E-state index contributed by atoms with van der Waals surface area (Å²) in [7, 11) is 1.68. The van der Waals surface area contributed by atoms with Crippen molar-refractivity contribution in [3.8, 4) is 11.4 Å². The van der Waals surface area contributed by atoms with Crippen molar-refractivity contribution < 1.29 is 4.74 Å². The lowest BCUT2D eigenvalue weighted by Crippen LogP contribution is -2.13. The van der Waals surface area contributed by atoms with E-state index in [2.05, 4.69) is 50.1 Å². The molecule has 0 N–H and O–H groups in total. The third-order valence-electron chi connectivity index (χ3n) is 2.99. The molecule has 1 heterocycles. The van der Waals surface area contributed by atoms with E-state index < -0.39 is 0 Å². The second kappa shape index (κ2) is 9.23. The summed E-state index contributed by atoms with van der Waals surface area (Å²) in [5.41, 5.74) is 3.38. The lowest BCUT2D eigenvalue weighted by atomic mass is 9.85. The van der Waals surface area contributed by atoms with Crippen LogP contribution in [0.2, 0.25) is 0 Å². The second-order valence-corrected chi connectivity index (χ2v) is 5.44. The van der Waals surface area contributed by atoms with Crippen LogP contribution in [0.1, 0.15) is 59.6 Å². The van der Waals surface area contributed by atoms with Gasteiger partial charge in [0.15, 0.2) is 0 Å². The highest BCUT2D eigenvalue weighted by atomic mass is 16.5. The van der Waals surface area contributed by atoms with E-state index in [1.54, 1.807) is 18.0 Å². The smallest absolute Gasteiger partial charge is 0.147 e. The fourth-order valence-electron chi connectivity index (χ4n) is 1.96. The predicted molar refractivity (Wildman–Crippen MR) is 94.0 cm³/mol. The molecule has 0 amide bonds. The number of hydrogen-bond donors (Lipinski definition) is 0. The Kier molecular flexibility index (Phi) is 8.46. The van der Waals surface area contributed by atoms with E-state index in [0.717, 1.165) is 17.0 Å². The summed E-state index contributed by atoms with van der Waals surface area (Å²) in [5, 5.41) is 7.90. The number of aryl methyl sites for hydroxylation is 1. The summed E-state index contributed by atoms with van der Waals surface area (Å²) in [6.07, 6.45) is 3.49. The van der Waals surface area contributed by atoms with Gasteiger partial charge < -0.3 is 4.74 Å². The first-order valence-electron chi connectivity index (χ1n) is 7.99. The van der Waals surface area contributed by atoms with E-state index in [1.807, 2.05) is 33.9 Å². The largest absolute Gasteiger partial charge is 0.494 e. The molecule has 0 aliphatic heterocycles. The molecule has 4 nitrogen and oxygen atoms in total. The first-order valence-corrected chi connectivity index (χ1v) is 7.99. The van der Waals surface area contributed by atoms with Gasteiger partial charge in [-0.2, -0.15) is 0 Å². The molecule has 0 spiro atoms. The number of rotatable bonds is 2. The molecule has 0 atom stereocenters. The summed E-state index contributed by atoms with van der Waals surface area (Å²) in [5.74, 6) is 0.841. The third-order valence-corrected chi connectivity index (χ3v) is 2.99. The molecule has 0 saturated heterocycles. The normalized spacial score (nSPS) is 10.0. The molecular formula is C18H31N3O. The number of ether oxygens (including phenoxy) is 1. The molecule has 0 fully saturated rings. The molecule has 0 aliphatic rings. The van der Waals surface area contributed by atoms with Gasteiger partial charge in [0.25, 0.3) is 0 Å². The lowest BCUT2D eigenvalue weighted by molar-refractivity contribution is 0.407. The van der Waals surface area contributed by atoms with Gasteiger partial charge in [-0.1, -0.05) is 59.7 Å². The minimum absolute atomic E-state index is 0.0896. The van der Waals surface area contributed by atoms with Crippen LogP contribution < -0.4 is 4.74 Å². The highest BCUT2D eigenvalue weighted by molar-refractivity contribution is 5.54. The molecule has 124 valence electrons. The average molecular weight is 305 g/mol. The van der Waals surface area contributed by atoms with Crippen LogP contribution in [0.25, 0.3) is 5.69 Å². The van der Waals surface area contributed by atoms with Crippen molar-refractivity contribution in [1.29, 1.82) is 0 Å². The second-order valence-electron chi connectivity index (χ2n) is 5.44. The molecule has 2 aromatic rings. The fraction of sp³-hybridized carbons (Fsp3) is 0.556. The molecule has 0 unspecified atom stereocenters. The highest BCUT2D eigenvalue weighted by Crippen LogP contribution is 2.33. The number of aromatic nitrogens is 3. The Bertz CT molecular complexity index is 540. The molecule has 0 bridgehead atoms. The lowest BCUT2D eigenvalue weighted by Gasteiger charge is -2.22. The zero-order valence-electron chi connectivity index (χ0n) is 15.6. The number of nitrogens with zero attached hydrogens (tertiary/aromatic N) is 3. The molecule has 4 heteroatoms. The Morgan fingerprint density at radius 3 is 2.05 bits per heavy atom. The van der Waals surface area contributed by atoms with Crippen molar-refractivity contribution in [2.45, 2.75) is 60.8 Å². The van der Waals surface area contributed by atoms with Crippen LogP contribution >= 0.6 is 0 Å². The standard InChI is InChI=1S/C14H19N3O.2C2H6/c1-10-8-11(14(2,3)4)9-12(13(10)18-5)17-7-6-15-16-17;2*1-2/h6-9H,1-5H3;2*1-2H3. The van der Waals surface area contributed by atoms with Gasteiger partial charge in [-0.3, -0.25) is 0 Å². The van der Waals surface area contributed by atoms with Crippen LogP contribution in [0.3, 0.4) is 0 Å². The minimum atomic E-state index is 0.0896. The van der Waals surface area contributed by atoms with Crippen LogP contribution in [-0.4, -0.2) is 22.1 Å². The summed E-state index contributed by atoms with van der Waals surface area (Å²) < 4.78 is 7.22. The summed E-state index contributed by atoms with van der Waals surface area (Å²) in [4.78, 5) is 0. The summed E-state index contributed by atoms with van der Waals surface area (Å²) in [6.45, 7) is 16.6. The van der Waals surface area contributed by atoms with E-state index in [1.165, 1.54) is 5.56 Å². The fourth-order valence-corrected chi connectivity index (χ4v) is 1.96. The zero-order valence-corrected chi connectivity index (χ0v) is 15.6. The number of methoxy groups -OCH3 is 1. The Labute approximate surface area is 135 Å². The molecule has 0 saturated carbocycles. The SMILES string of the molecule is CC.CC.COc1c(C)cc(C(C)(C)C)cc1-n1ccnn1. The Hall–Kier alpha value is -1.84. The first kappa shape index (κ1) is 20.2. The van der Waals surface area contributed by atoms with E-state index >= 15 is 0 Å². The molecule has 1 aromatic carbocycles. The molecule has 2 rings (SSSR count). The van der Waals surface area contributed by atoms with Crippen LogP contribution in [0.4, 0.5) is 0 Å². The maximum absolute atomic E-state index is 5.48. The van der Waals surface area contributed by atoms with E-state index in [-0.39, 0.29) is 5.41 Å². The predicted octanol–water partition coefficient (Wildman–Crippen LogP) is 4.93. The molecule has 0 aliphatic carbocycles. The quantitative estimate of drug-likeness (QED) is 0.789. The average Bonchev–Trinajstić information content (AvgIpc) is 3.03. The first-order chi connectivity index (χ1) is 10.4. The Balaban J connectivity index is 0.00000102. The van der Waals surface area contributed by atoms with Gasteiger partial charge in [-0.15, -0.1) is 5.10 Å². The summed E-state index contributed by atoms with van der Waals surface area (Å²) in [6, 6.07) is 4.28. The minimum Gasteiger partial charge on any atom is -0.494 e. The maximum Gasteiger partial charge on any atom is 0.147 e. The van der Waals surface area contributed by atoms with Gasteiger partial charge in [-0.05, 0) is 29.5 Å². The topological polar surface area (TPSA) is 39.9 Å². The Morgan fingerprint density at radius 2 is 1.64 bits per heavy atom. The van der Waals surface area contributed by atoms with Gasteiger partial charge in [0.2, 0.25) is 0 Å². The molecular weight excluding hydrogens is 274 g/mol. The third kappa shape index (κ3) is 4.86. The van der Waals surface area contributed by atoms with Gasteiger partial charge in [0.05, 0.1) is 19.5 Å².